The second-order valence-corrected chi connectivity index (χ2v) is 6.48. The second kappa shape index (κ2) is 8.15. The lowest BCUT2D eigenvalue weighted by Crippen LogP contribution is -2.29. The average Bonchev–Trinajstić information content (AvgIpc) is 2.90. The Hall–Kier alpha value is -2.66. The largest absolute Gasteiger partial charge is 0.335 e. The zero-order valence-electron chi connectivity index (χ0n) is 14.4. The van der Waals surface area contributed by atoms with Crippen LogP contribution in [0.3, 0.4) is 0 Å². The number of carbonyl (C=O) groups excluding carboxylic acids is 2. The molecule has 0 aliphatic carbocycles. The van der Waals surface area contributed by atoms with Gasteiger partial charge in [-0.1, -0.05) is 60.4 Å². The molecule has 6 heteroatoms. The molecule has 0 fully saturated rings. The highest BCUT2D eigenvalue weighted by molar-refractivity contribution is 6.54. The lowest BCUT2D eigenvalue weighted by atomic mass is 10.1. The molecule has 0 unspecified atom stereocenters. The van der Waals surface area contributed by atoms with Crippen LogP contribution in [0.15, 0.2) is 53.7 Å². The van der Waals surface area contributed by atoms with E-state index in [1.165, 1.54) is 0 Å². The lowest BCUT2D eigenvalue weighted by molar-refractivity contribution is -0.143. The van der Waals surface area contributed by atoms with Crippen LogP contribution in [0.5, 0.6) is 0 Å². The Morgan fingerprint density at radius 3 is 2.77 bits per heavy atom. The van der Waals surface area contributed by atoms with Crippen LogP contribution in [-0.2, 0) is 21.0 Å². The minimum atomic E-state index is -0.432. The molecule has 1 aliphatic rings. The van der Waals surface area contributed by atoms with Crippen LogP contribution < -0.4 is 4.90 Å². The fourth-order valence-electron chi connectivity index (χ4n) is 2.79. The van der Waals surface area contributed by atoms with Gasteiger partial charge in [-0.25, -0.2) is 4.79 Å². The van der Waals surface area contributed by atoms with E-state index in [0.717, 1.165) is 24.1 Å². The molecule has 1 heterocycles. The fraction of sp³-hybridized carbons (Fsp3) is 0.250. The maximum atomic E-state index is 12.8. The van der Waals surface area contributed by atoms with Crippen LogP contribution in [-0.4, -0.2) is 17.6 Å². The quantitative estimate of drug-likeness (QED) is 0.562. The molecule has 134 valence electrons. The number of unbranched alkanes of at least 4 members (excludes halogenated alkanes) is 1. The number of hydrogen-bond acceptors (Lipinski definition) is 4. The summed E-state index contributed by atoms with van der Waals surface area (Å²) >= 11 is 6.04. The number of oxime groups is 1. The third kappa shape index (κ3) is 3.94. The molecule has 0 N–H and O–H groups in total. The molecule has 0 radical (unpaired) electrons. The number of carbonyl (C=O) groups is 2. The third-order valence-electron chi connectivity index (χ3n) is 4.10. The van der Waals surface area contributed by atoms with Gasteiger partial charge in [0.15, 0.2) is 5.71 Å². The molecular weight excluding hydrogens is 352 g/mol. The van der Waals surface area contributed by atoms with Gasteiger partial charge in [0.1, 0.15) is 0 Å². The molecule has 5 nitrogen and oxygen atoms in total. The van der Waals surface area contributed by atoms with E-state index in [0.29, 0.717) is 17.1 Å². The van der Waals surface area contributed by atoms with Crippen molar-refractivity contribution in [3.8, 4) is 0 Å². The SMILES string of the molecule is CCCCC(=O)O/N=C1/C(=O)N(Cc2cccc(Cl)c2)c2ccccc21. The van der Waals surface area contributed by atoms with E-state index in [1.54, 1.807) is 17.0 Å². The Labute approximate surface area is 157 Å². The highest BCUT2D eigenvalue weighted by Crippen LogP contribution is 2.31. The van der Waals surface area contributed by atoms with Gasteiger partial charge in [-0.15, -0.1) is 0 Å². The Morgan fingerprint density at radius 2 is 2.00 bits per heavy atom. The summed E-state index contributed by atoms with van der Waals surface area (Å²) < 4.78 is 0. The van der Waals surface area contributed by atoms with Gasteiger partial charge in [0.25, 0.3) is 5.91 Å². The summed E-state index contributed by atoms with van der Waals surface area (Å²) in [6.07, 6.45) is 1.91. The normalized spacial score (nSPS) is 14.6. The van der Waals surface area contributed by atoms with E-state index in [4.69, 9.17) is 16.4 Å². The van der Waals surface area contributed by atoms with Crippen LogP contribution in [0.1, 0.15) is 37.3 Å². The number of anilines is 1. The second-order valence-electron chi connectivity index (χ2n) is 6.05. The molecule has 1 aliphatic heterocycles. The molecule has 0 bridgehead atoms. The number of para-hydroxylation sites is 1. The maximum Gasteiger partial charge on any atom is 0.335 e. The number of benzene rings is 2. The van der Waals surface area contributed by atoms with Gasteiger partial charge in [0, 0.05) is 17.0 Å². The maximum absolute atomic E-state index is 12.8. The molecule has 2 aromatic rings. The van der Waals surface area contributed by atoms with Crippen molar-refractivity contribution in [2.24, 2.45) is 5.16 Å². The summed E-state index contributed by atoms with van der Waals surface area (Å²) in [4.78, 5) is 31.1. The average molecular weight is 371 g/mol. The van der Waals surface area contributed by atoms with Crippen molar-refractivity contribution in [2.45, 2.75) is 32.7 Å². The van der Waals surface area contributed by atoms with E-state index < -0.39 is 5.97 Å². The molecule has 26 heavy (non-hydrogen) atoms. The summed E-state index contributed by atoms with van der Waals surface area (Å²) in [6.45, 7) is 2.35. The molecule has 0 saturated heterocycles. The van der Waals surface area contributed by atoms with E-state index in [2.05, 4.69) is 5.16 Å². The molecule has 0 aromatic heterocycles. The Balaban J connectivity index is 1.85. The molecular formula is C20H19ClN2O3. The first kappa shape index (κ1) is 18.1. The van der Waals surface area contributed by atoms with Crippen molar-refractivity contribution in [1.29, 1.82) is 0 Å². The highest BCUT2D eigenvalue weighted by atomic mass is 35.5. The van der Waals surface area contributed by atoms with Gasteiger partial charge in [0.05, 0.1) is 12.2 Å². The minimum absolute atomic E-state index is 0.146. The van der Waals surface area contributed by atoms with Crippen LogP contribution in [0.2, 0.25) is 5.02 Å². The summed E-state index contributed by atoms with van der Waals surface area (Å²) in [7, 11) is 0. The van der Waals surface area contributed by atoms with Gasteiger partial charge in [0.2, 0.25) is 0 Å². The van der Waals surface area contributed by atoms with Crippen molar-refractivity contribution < 1.29 is 14.4 Å². The Morgan fingerprint density at radius 1 is 1.19 bits per heavy atom. The smallest absolute Gasteiger partial charge is 0.317 e. The number of hydrogen-bond donors (Lipinski definition) is 0. The molecule has 2 aromatic carbocycles. The van der Waals surface area contributed by atoms with Gasteiger partial charge in [-0.3, -0.25) is 4.79 Å². The molecule has 1 amide bonds. The summed E-state index contributed by atoms with van der Waals surface area (Å²) in [5.74, 6) is -0.729. The van der Waals surface area contributed by atoms with Crippen molar-refractivity contribution in [2.75, 3.05) is 4.90 Å². The first-order valence-electron chi connectivity index (χ1n) is 8.53. The first-order chi connectivity index (χ1) is 12.6. The zero-order chi connectivity index (χ0) is 18.5. The van der Waals surface area contributed by atoms with Gasteiger partial charge in [-0.05, 0) is 30.2 Å². The predicted octanol–water partition coefficient (Wildman–Crippen LogP) is 4.32. The number of halogens is 1. The third-order valence-corrected chi connectivity index (χ3v) is 4.34. The Bertz CT molecular complexity index is 864. The van der Waals surface area contributed by atoms with Crippen LogP contribution >= 0.6 is 11.6 Å². The van der Waals surface area contributed by atoms with Crippen LogP contribution in [0.4, 0.5) is 5.69 Å². The minimum Gasteiger partial charge on any atom is -0.317 e. The monoisotopic (exact) mass is 370 g/mol. The van der Waals surface area contributed by atoms with E-state index in [-0.39, 0.29) is 18.0 Å². The zero-order valence-corrected chi connectivity index (χ0v) is 15.2. The van der Waals surface area contributed by atoms with Crippen molar-refractivity contribution >= 4 is 34.9 Å². The van der Waals surface area contributed by atoms with E-state index in [9.17, 15) is 9.59 Å². The fourth-order valence-corrected chi connectivity index (χ4v) is 3.00. The molecule has 0 spiro atoms. The highest BCUT2D eigenvalue weighted by Gasteiger charge is 2.34. The van der Waals surface area contributed by atoms with Gasteiger partial charge in [-0.2, -0.15) is 0 Å². The van der Waals surface area contributed by atoms with Crippen molar-refractivity contribution in [3.63, 3.8) is 0 Å². The number of fused-ring (bicyclic) bond motifs is 1. The van der Waals surface area contributed by atoms with Crippen molar-refractivity contribution in [1.82, 2.24) is 0 Å². The first-order valence-corrected chi connectivity index (χ1v) is 8.91. The predicted molar refractivity (Wildman–Crippen MR) is 101 cm³/mol. The topological polar surface area (TPSA) is 59.0 Å². The van der Waals surface area contributed by atoms with Crippen LogP contribution in [0, 0.1) is 0 Å². The molecule has 0 saturated carbocycles. The number of nitrogens with zero attached hydrogens (tertiary/aromatic N) is 2. The van der Waals surface area contributed by atoms with Crippen molar-refractivity contribution in [3.05, 3.63) is 64.7 Å². The van der Waals surface area contributed by atoms with E-state index >= 15 is 0 Å². The summed E-state index contributed by atoms with van der Waals surface area (Å²) in [6, 6.07) is 14.7. The van der Waals surface area contributed by atoms with Gasteiger partial charge < -0.3 is 9.74 Å². The standard InChI is InChI=1S/C20H19ClN2O3/c1-2-3-11-18(24)26-22-19-16-9-4-5-10-17(16)23(20(19)25)13-14-7-6-8-15(21)12-14/h4-10,12H,2-3,11,13H2,1H3/b22-19+. The van der Waals surface area contributed by atoms with E-state index in [1.807, 2.05) is 43.3 Å². The lowest BCUT2D eigenvalue weighted by Gasteiger charge is -2.16. The van der Waals surface area contributed by atoms with Crippen LogP contribution in [0.25, 0.3) is 0 Å². The molecule has 3 rings (SSSR count). The number of amides is 1. The molecule has 0 atom stereocenters. The summed E-state index contributed by atoms with van der Waals surface area (Å²) in [5.41, 5.74) is 2.44. The summed E-state index contributed by atoms with van der Waals surface area (Å²) in [5, 5.41) is 4.47. The Kier molecular flexibility index (Phi) is 5.68. The number of rotatable bonds is 6. The van der Waals surface area contributed by atoms with Gasteiger partial charge >= 0.3 is 5.97 Å².